The maximum Gasteiger partial charge on any atom is 0.264 e. The number of rotatable bonds is 6. The molecule has 1 saturated heterocycles. The van der Waals surface area contributed by atoms with Crippen molar-refractivity contribution in [1.82, 2.24) is 4.90 Å². The number of hydrogen-bond donors (Lipinski definition) is 1. The number of nitrogens with zero attached hydrogens (tertiary/aromatic N) is 2. The molecule has 1 N–H and O–H groups in total. The fraction of sp³-hybridized carbons (Fsp3) is 0.261. The van der Waals surface area contributed by atoms with Crippen LogP contribution < -0.4 is 10.1 Å². The summed E-state index contributed by atoms with van der Waals surface area (Å²) in [7, 11) is 0. The van der Waals surface area contributed by atoms with Crippen molar-refractivity contribution in [2.24, 2.45) is 0 Å². The number of aryl methyl sites for hydroxylation is 1. The van der Waals surface area contributed by atoms with Gasteiger partial charge in [-0.25, -0.2) is 0 Å². The molecule has 2 aromatic carbocycles. The number of carbonyl (C=O) groups excluding carboxylic acids is 2. The number of benzene rings is 2. The second-order valence-corrected chi connectivity index (χ2v) is 6.85. The van der Waals surface area contributed by atoms with Crippen LogP contribution in [0.5, 0.6) is 5.75 Å². The van der Waals surface area contributed by atoms with Crippen molar-refractivity contribution in [2.75, 3.05) is 38.2 Å². The van der Waals surface area contributed by atoms with Gasteiger partial charge in [-0.1, -0.05) is 29.8 Å². The van der Waals surface area contributed by atoms with E-state index >= 15 is 0 Å². The molecule has 1 aliphatic rings. The van der Waals surface area contributed by atoms with E-state index in [-0.39, 0.29) is 24.0 Å². The number of nitrogens with one attached hydrogen (secondary N) is 1. The first-order valence-electron chi connectivity index (χ1n) is 9.63. The van der Waals surface area contributed by atoms with Gasteiger partial charge in [-0.3, -0.25) is 9.59 Å². The molecule has 0 unspecified atom stereocenters. The second kappa shape index (κ2) is 10.2. The largest absolute Gasteiger partial charge is 0.484 e. The average Bonchev–Trinajstić information content (AvgIpc) is 2.78. The van der Waals surface area contributed by atoms with Gasteiger partial charge in [0.25, 0.3) is 11.8 Å². The van der Waals surface area contributed by atoms with Crippen molar-refractivity contribution in [3.8, 4) is 11.8 Å². The summed E-state index contributed by atoms with van der Waals surface area (Å²) in [6, 6.07) is 16.3. The van der Waals surface area contributed by atoms with E-state index in [9.17, 15) is 14.9 Å². The first-order valence-corrected chi connectivity index (χ1v) is 9.63. The van der Waals surface area contributed by atoms with Crippen molar-refractivity contribution >= 4 is 23.6 Å². The highest BCUT2D eigenvalue weighted by Gasteiger charge is 2.20. The molecule has 0 aliphatic carbocycles. The fourth-order valence-electron chi connectivity index (χ4n) is 2.89. The highest BCUT2D eigenvalue weighted by molar-refractivity contribution is 6.01. The molecule has 2 amide bonds. The van der Waals surface area contributed by atoms with Crippen molar-refractivity contribution in [2.45, 2.75) is 6.92 Å². The molecule has 1 fully saturated rings. The number of nitriles is 1. The van der Waals surface area contributed by atoms with E-state index in [0.29, 0.717) is 43.3 Å². The lowest BCUT2D eigenvalue weighted by Crippen LogP contribution is -2.41. The molecule has 30 heavy (non-hydrogen) atoms. The van der Waals surface area contributed by atoms with Crippen LogP contribution in [0.2, 0.25) is 0 Å². The van der Waals surface area contributed by atoms with Crippen LogP contribution in [-0.2, 0) is 14.3 Å². The van der Waals surface area contributed by atoms with E-state index in [1.165, 1.54) is 0 Å². The Morgan fingerprint density at radius 2 is 1.80 bits per heavy atom. The Kier molecular flexibility index (Phi) is 7.19. The molecular weight excluding hydrogens is 382 g/mol. The minimum Gasteiger partial charge on any atom is -0.484 e. The van der Waals surface area contributed by atoms with Crippen LogP contribution >= 0.6 is 0 Å². The smallest absolute Gasteiger partial charge is 0.264 e. The quantitative estimate of drug-likeness (QED) is 0.589. The number of hydrogen-bond acceptors (Lipinski definition) is 5. The lowest BCUT2D eigenvalue weighted by Gasteiger charge is -2.26. The zero-order valence-corrected chi connectivity index (χ0v) is 16.8. The van der Waals surface area contributed by atoms with Crippen LogP contribution in [0.3, 0.4) is 0 Å². The van der Waals surface area contributed by atoms with Gasteiger partial charge in [0.15, 0.2) is 6.61 Å². The van der Waals surface area contributed by atoms with Gasteiger partial charge in [-0.2, -0.15) is 5.26 Å². The Bertz CT molecular complexity index is 953. The van der Waals surface area contributed by atoms with Gasteiger partial charge in [0.05, 0.1) is 13.2 Å². The highest BCUT2D eigenvalue weighted by atomic mass is 16.5. The maximum absolute atomic E-state index is 12.5. The third-order valence-corrected chi connectivity index (χ3v) is 4.55. The Labute approximate surface area is 175 Å². The standard InChI is InChI=1S/C23H23N3O4/c1-17-2-6-20(7-3-17)25-22(27)16-30-21-8-4-18(5-9-21)14-19(15-24)23(28)26-10-12-29-13-11-26/h2-9,14H,10-13,16H2,1H3,(H,25,27)/b19-14-. The molecule has 154 valence electrons. The van der Waals surface area contributed by atoms with E-state index in [1.807, 2.05) is 37.3 Å². The van der Waals surface area contributed by atoms with Crippen LogP contribution in [0.4, 0.5) is 5.69 Å². The predicted octanol–water partition coefficient (Wildman–Crippen LogP) is 2.78. The molecular formula is C23H23N3O4. The van der Waals surface area contributed by atoms with Crippen LogP contribution in [0, 0.1) is 18.3 Å². The summed E-state index contributed by atoms with van der Waals surface area (Å²) in [6.07, 6.45) is 1.55. The van der Waals surface area contributed by atoms with E-state index in [0.717, 1.165) is 5.56 Å². The summed E-state index contributed by atoms with van der Waals surface area (Å²) < 4.78 is 10.7. The summed E-state index contributed by atoms with van der Waals surface area (Å²) in [5.74, 6) is -0.0381. The number of anilines is 1. The fourth-order valence-corrected chi connectivity index (χ4v) is 2.89. The van der Waals surface area contributed by atoms with Crippen LogP contribution in [0.25, 0.3) is 6.08 Å². The van der Waals surface area contributed by atoms with Crippen LogP contribution in [-0.4, -0.2) is 49.6 Å². The summed E-state index contributed by atoms with van der Waals surface area (Å²) in [5.41, 5.74) is 2.60. The van der Waals surface area contributed by atoms with Crippen molar-refractivity contribution in [3.63, 3.8) is 0 Å². The number of carbonyl (C=O) groups is 2. The molecule has 1 heterocycles. The molecule has 2 aromatic rings. The molecule has 3 rings (SSSR count). The Morgan fingerprint density at radius 3 is 2.43 bits per heavy atom. The molecule has 0 aromatic heterocycles. The summed E-state index contributed by atoms with van der Waals surface area (Å²) >= 11 is 0. The first kappa shape index (κ1) is 21.1. The molecule has 1 aliphatic heterocycles. The molecule has 0 radical (unpaired) electrons. The third-order valence-electron chi connectivity index (χ3n) is 4.55. The molecule has 7 heteroatoms. The third kappa shape index (κ3) is 5.93. The van der Waals surface area contributed by atoms with E-state index < -0.39 is 0 Å². The lowest BCUT2D eigenvalue weighted by molar-refractivity contribution is -0.130. The summed E-state index contributed by atoms with van der Waals surface area (Å²) in [5, 5.41) is 12.1. The SMILES string of the molecule is Cc1ccc(NC(=O)COc2ccc(/C=C(/C#N)C(=O)N3CCOCC3)cc2)cc1. The normalized spacial score (nSPS) is 14.0. The maximum atomic E-state index is 12.5. The van der Waals surface area contributed by atoms with Crippen molar-refractivity contribution in [1.29, 1.82) is 5.26 Å². The monoisotopic (exact) mass is 405 g/mol. The van der Waals surface area contributed by atoms with Crippen LogP contribution in [0.15, 0.2) is 54.1 Å². The Balaban J connectivity index is 1.55. The second-order valence-electron chi connectivity index (χ2n) is 6.85. The van der Waals surface area contributed by atoms with Gasteiger partial charge in [-0.15, -0.1) is 0 Å². The van der Waals surface area contributed by atoms with Gasteiger partial charge >= 0.3 is 0 Å². The summed E-state index contributed by atoms with van der Waals surface area (Å²) in [6.45, 7) is 3.78. The minimum absolute atomic E-state index is 0.0723. The van der Waals surface area contributed by atoms with Crippen LogP contribution in [0.1, 0.15) is 11.1 Å². The zero-order chi connectivity index (χ0) is 21.3. The molecule has 0 saturated carbocycles. The topological polar surface area (TPSA) is 91.7 Å². The van der Waals surface area contributed by atoms with Crippen molar-refractivity contribution < 1.29 is 19.1 Å². The number of ether oxygens (including phenoxy) is 2. The molecule has 0 atom stereocenters. The highest BCUT2D eigenvalue weighted by Crippen LogP contribution is 2.16. The van der Waals surface area contributed by atoms with Gasteiger partial charge < -0.3 is 19.7 Å². The van der Waals surface area contributed by atoms with Gasteiger partial charge in [0, 0.05) is 18.8 Å². The predicted molar refractivity (Wildman–Crippen MR) is 113 cm³/mol. The van der Waals surface area contributed by atoms with Crippen molar-refractivity contribution in [3.05, 3.63) is 65.2 Å². The molecule has 0 spiro atoms. The Hall–Kier alpha value is -3.63. The zero-order valence-electron chi connectivity index (χ0n) is 16.8. The minimum atomic E-state index is -0.297. The van der Waals surface area contributed by atoms with E-state index in [4.69, 9.17) is 9.47 Å². The molecule has 0 bridgehead atoms. The number of amides is 2. The summed E-state index contributed by atoms with van der Waals surface area (Å²) in [4.78, 5) is 26.1. The average molecular weight is 405 g/mol. The van der Waals surface area contributed by atoms with E-state index in [1.54, 1.807) is 35.2 Å². The van der Waals surface area contributed by atoms with Gasteiger partial charge in [0.2, 0.25) is 0 Å². The van der Waals surface area contributed by atoms with Gasteiger partial charge in [-0.05, 0) is 42.8 Å². The van der Waals surface area contributed by atoms with E-state index in [2.05, 4.69) is 5.32 Å². The molecule has 7 nitrogen and oxygen atoms in total. The first-order chi connectivity index (χ1) is 14.5. The Morgan fingerprint density at radius 1 is 1.13 bits per heavy atom. The number of morpholine rings is 1. The van der Waals surface area contributed by atoms with Gasteiger partial charge in [0.1, 0.15) is 17.4 Å². The lowest BCUT2D eigenvalue weighted by atomic mass is 10.1.